The van der Waals surface area contributed by atoms with Gasteiger partial charge in [0.15, 0.2) is 5.69 Å². The lowest BCUT2D eigenvalue weighted by molar-refractivity contribution is -0.141. The summed E-state index contributed by atoms with van der Waals surface area (Å²) < 4.78 is 46.4. The molecule has 4 aromatic rings. The predicted molar refractivity (Wildman–Crippen MR) is 116 cm³/mol. The van der Waals surface area contributed by atoms with Crippen LogP contribution in [0.4, 0.5) is 19.1 Å². The van der Waals surface area contributed by atoms with Crippen molar-refractivity contribution in [1.82, 2.24) is 9.97 Å². The first kappa shape index (κ1) is 20.8. The molecule has 0 bridgehead atoms. The van der Waals surface area contributed by atoms with Gasteiger partial charge in [-0.1, -0.05) is 58.4 Å². The zero-order valence-electron chi connectivity index (χ0n) is 15.8. The molecule has 0 saturated carbocycles. The summed E-state index contributed by atoms with van der Waals surface area (Å²) in [5.74, 6) is 0.779. The molecular weight excluding hydrogens is 473 g/mol. The highest BCUT2D eigenvalue weighted by atomic mass is 79.9. The first-order valence-corrected chi connectivity index (χ1v) is 9.84. The van der Waals surface area contributed by atoms with Crippen molar-refractivity contribution in [3.8, 4) is 22.6 Å². The smallest absolute Gasteiger partial charge is 0.433 e. The van der Waals surface area contributed by atoms with Gasteiger partial charge in [-0.05, 0) is 30.3 Å². The first-order chi connectivity index (χ1) is 14.9. The number of aromatic nitrogens is 2. The Balaban J connectivity index is 1.55. The van der Waals surface area contributed by atoms with Crippen LogP contribution in [0, 0.1) is 0 Å². The second kappa shape index (κ2) is 8.73. The third-order valence-corrected chi connectivity index (χ3v) is 4.73. The molecule has 9 heteroatoms. The third kappa shape index (κ3) is 5.18. The summed E-state index contributed by atoms with van der Waals surface area (Å²) in [4.78, 5) is 7.66. The van der Waals surface area contributed by atoms with E-state index in [1.807, 2.05) is 24.3 Å². The number of anilines is 1. The number of hydrazone groups is 1. The lowest BCUT2D eigenvalue weighted by Gasteiger charge is -2.10. The fourth-order valence-electron chi connectivity index (χ4n) is 2.74. The average Bonchev–Trinajstić information content (AvgIpc) is 3.23. The lowest BCUT2D eigenvalue weighted by atomic mass is 10.1. The quantitative estimate of drug-likeness (QED) is 0.254. The van der Waals surface area contributed by atoms with Gasteiger partial charge in [0.1, 0.15) is 11.5 Å². The number of halogens is 4. The Morgan fingerprint density at radius 1 is 0.903 bits per heavy atom. The van der Waals surface area contributed by atoms with E-state index in [1.54, 1.807) is 42.5 Å². The molecule has 1 N–H and O–H groups in total. The van der Waals surface area contributed by atoms with Crippen molar-refractivity contribution in [2.24, 2.45) is 5.10 Å². The molecule has 4 rings (SSSR count). The van der Waals surface area contributed by atoms with Crippen LogP contribution in [0.1, 0.15) is 11.5 Å². The molecule has 0 amide bonds. The van der Waals surface area contributed by atoms with Crippen LogP contribution in [-0.2, 0) is 6.18 Å². The van der Waals surface area contributed by atoms with Crippen LogP contribution in [0.3, 0.4) is 0 Å². The minimum atomic E-state index is -4.62. The van der Waals surface area contributed by atoms with Gasteiger partial charge in [0, 0.05) is 15.6 Å². The number of benzene rings is 2. The minimum Gasteiger partial charge on any atom is -0.455 e. The summed E-state index contributed by atoms with van der Waals surface area (Å²) in [5, 5.41) is 3.92. The zero-order valence-corrected chi connectivity index (χ0v) is 17.4. The SMILES string of the molecule is FC(F)(F)c1cc(-c2ccccc2)nc(NN=Cc2ccc(-c3ccc(Br)cc3)o2)n1. The fraction of sp³-hybridized carbons (Fsp3) is 0.0455. The van der Waals surface area contributed by atoms with Gasteiger partial charge < -0.3 is 4.42 Å². The van der Waals surface area contributed by atoms with Crippen molar-refractivity contribution in [3.63, 3.8) is 0 Å². The van der Waals surface area contributed by atoms with Gasteiger partial charge in [0.05, 0.1) is 11.9 Å². The van der Waals surface area contributed by atoms with E-state index < -0.39 is 11.9 Å². The van der Waals surface area contributed by atoms with Crippen molar-refractivity contribution in [2.45, 2.75) is 6.18 Å². The summed E-state index contributed by atoms with van der Waals surface area (Å²) in [6.07, 6.45) is -3.28. The summed E-state index contributed by atoms with van der Waals surface area (Å²) in [5.41, 5.74) is 2.94. The van der Waals surface area contributed by atoms with Crippen LogP contribution in [0.5, 0.6) is 0 Å². The van der Waals surface area contributed by atoms with Crippen molar-refractivity contribution < 1.29 is 17.6 Å². The van der Waals surface area contributed by atoms with Gasteiger partial charge in [0.25, 0.3) is 0 Å². The summed E-state index contributed by atoms with van der Waals surface area (Å²) in [7, 11) is 0. The molecule has 0 aliphatic carbocycles. The third-order valence-electron chi connectivity index (χ3n) is 4.20. The van der Waals surface area contributed by atoms with Gasteiger partial charge in [-0.15, -0.1) is 0 Å². The van der Waals surface area contributed by atoms with Gasteiger partial charge in [-0.3, -0.25) is 0 Å². The molecule has 0 spiro atoms. The van der Waals surface area contributed by atoms with Crippen LogP contribution in [-0.4, -0.2) is 16.2 Å². The van der Waals surface area contributed by atoms with Gasteiger partial charge in [-0.25, -0.2) is 15.4 Å². The fourth-order valence-corrected chi connectivity index (χ4v) is 3.01. The highest BCUT2D eigenvalue weighted by molar-refractivity contribution is 9.10. The Labute approximate surface area is 183 Å². The Morgan fingerprint density at radius 2 is 1.65 bits per heavy atom. The Kier molecular flexibility index (Phi) is 5.85. The zero-order chi connectivity index (χ0) is 21.8. The van der Waals surface area contributed by atoms with Crippen molar-refractivity contribution in [1.29, 1.82) is 0 Å². The van der Waals surface area contributed by atoms with E-state index in [4.69, 9.17) is 4.42 Å². The van der Waals surface area contributed by atoms with Crippen LogP contribution in [0.15, 0.2) is 86.8 Å². The van der Waals surface area contributed by atoms with Gasteiger partial charge >= 0.3 is 6.18 Å². The van der Waals surface area contributed by atoms with Crippen molar-refractivity contribution >= 4 is 28.1 Å². The summed E-state index contributed by atoms with van der Waals surface area (Å²) in [6.45, 7) is 0. The molecule has 2 heterocycles. The van der Waals surface area contributed by atoms with Crippen LogP contribution < -0.4 is 5.43 Å². The second-order valence-electron chi connectivity index (χ2n) is 6.40. The predicted octanol–water partition coefficient (Wildman–Crippen LogP) is 6.63. The number of furan rings is 1. The van der Waals surface area contributed by atoms with Gasteiger partial charge in [0.2, 0.25) is 5.95 Å². The average molecular weight is 487 g/mol. The highest BCUT2D eigenvalue weighted by Gasteiger charge is 2.33. The molecule has 0 saturated heterocycles. The molecule has 2 aromatic heterocycles. The Hall–Kier alpha value is -3.46. The first-order valence-electron chi connectivity index (χ1n) is 9.05. The highest BCUT2D eigenvalue weighted by Crippen LogP contribution is 2.31. The molecule has 0 unspecified atom stereocenters. The number of rotatable bonds is 5. The molecule has 0 aliphatic heterocycles. The molecule has 2 aromatic carbocycles. The van der Waals surface area contributed by atoms with Crippen LogP contribution in [0.2, 0.25) is 0 Å². The van der Waals surface area contributed by atoms with E-state index >= 15 is 0 Å². The minimum absolute atomic E-state index is 0.135. The monoisotopic (exact) mass is 486 g/mol. The van der Waals surface area contributed by atoms with E-state index in [2.05, 4.69) is 36.4 Å². The summed E-state index contributed by atoms with van der Waals surface area (Å²) >= 11 is 3.37. The Bertz CT molecular complexity index is 1210. The second-order valence-corrected chi connectivity index (χ2v) is 7.32. The van der Waals surface area contributed by atoms with E-state index in [0.717, 1.165) is 16.1 Å². The number of alkyl halides is 3. The molecule has 5 nitrogen and oxygen atoms in total. The molecule has 0 aliphatic rings. The van der Waals surface area contributed by atoms with E-state index in [-0.39, 0.29) is 11.6 Å². The summed E-state index contributed by atoms with van der Waals surface area (Å²) in [6, 6.07) is 20.5. The standard InChI is InChI=1S/C22H14BrF3N4O/c23-16-8-6-15(7-9-16)19-11-10-17(31-19)13-27-30-21-28-18(14-4-2-1-3-5-14)12-20(29-21)22(24,25)26/h1-13H,(H,28,29,30). The van der Waals surface area contributed by atoms with Crippen LogP contribution in [0.25, 0.3) is 22.6 Å². The van der Waals surface area contributed by atoms with Gasteiger partial charge in [-0.2, -0.15) is 18.3 Å². The normalized spacial score (nSPS) is 11.7. The number of nitrogens with zero attached hydrogens (tertiary/aromatic N) is 3. The molecule has 0 radical (unpaired) electrons. The van der Waals surface area contributed by atoms with Crippen molar-refractivity contribution in [2.75, 3.05) is 5.43 Å². The maximum atomic E-state index is 13.3. The van der Waals surface area contributed by atoms with Crippen LogP contribution >= 0.6 is 15.9 Å². The number of hydrogen-bond donors (Lipinski definition) is 1. The van der Waals surface area contributed by atoms with E-state index in [9.17, 15) is 13.2 Å². The molecule has 0 atom stereocenters. The van der Waals surface area contributed by atoms with E-state index in [1.165, 1.54) is 6.21 Å². The van der Waals surface area contributed by atoms with Crippen molar-refractivity contribution in [3.05, 3.63) is 88.7 Å². The lowest BCUT2D eigenvalue weighted by Crippen LogP contribution is -2.11. The van der Waals surface area contributed by atoms with E-state index in [0.29, 0.717) is 17.1 Å². The molecule has 0 fully saturated rings. The topological polar surface area (TPSA) is 63.3 Å². The largest absolute Gasteiger partial charge is 0.455 e. The molecule has 156 valence electrons. The maximum Gasteiger partial charge on any atom is 0.433 e. The maximum absolute atomic E-state index is 13.3. The molecule has 31 heavy (non-hydrogen) atoms. The number of nitrogens with one attached hydrogen (secondary N) is 1. The Morgan fingerprint density at radius 3 is 2.35 bits per heavy atom. The number of hydrogen-bond acceptors (Lipinski definition) is 5. The molecular formula is C22H14BrF3N4O.